The fraction of sp³-hybridized carbons (Fsp3) is 0.333. The predicted octanol–water partition coefficient (Wildman–Crippen LogP) is 0.521. The third-order valence-corrected chi connectivity index (χ3v) is 1.07. The van der Waals surface area contributed by atoms with Gasteiger partial charge in [0.1, 0.15) is 0 Å². The third kappa shape index (κ3) is 4.00. The summed E-state index contributed by atoms with van der Waals surface area (Å²) in [5.41, 5.74) is 1.66. The zero-order valence-electron chi connectivity index (χ0n) is 5.76. The standard InChI is InChI=1S/C6H11BO2/c1-5(2)6(3)4-7(8)9/h4,8-9H,1H2,2-3H3. The van der Waals surface area contributed by atoms with Crippen molar-refractivity contribution < 1.29 is 10.0 Å². The normalized spacial score (nSPS) is 11.3. The highest BCUT2D eigenvalue weighted by molar-refractivity contribution is 6.47. The summed E-state index contributed by atoms with van der Waals surface area (Å²) in [5, 5.41) is 16.8. The first-order valence-corrected chi connectivity index (χ1v) is 2.74. The summed E-state index contributed by atoms with van der Waals surface area (Å²) in [5.74, 6) is 1.34. The van der Waals surface area contributed by atoms with E-state index in [-0.39, 0.29) is 0 Å². The molecule has 0 unspecified atom stereocenters. The van der Waals surface area contributed by atoms with Crippen molar-refractivity contribution >= 4 is 7.12 Å². The average molecular weight is 126 g/mol. The van der Waals surface area contributed by atoms with Gasteiger partial charge < -0.3 is 10.0 Å². The molecule has 0 aliphatic rings. The molecule has 0 saturated carbocycles. The van der Waals surface area contributed by atoms with Crippen LogP contribution in [0.3, 0.4) is 0 Å². The van der Waals surface area contributed by atoms with Crippen LogP contribution in [0.2, 0.25) is 0 Å². The molecule has 0 bridgehead atoms. The minimum Gasteiger partial charge on any atom is -0.424 e. The van der Waals surface area contributed by atoms with Gasteiger partial charge in [0.25, 0.3) is 0 Å². The molecule has 0 aliphatic heterocycles. The molecule has 3 heteroatoms. The van der Waals surface area contributed by atoms with Crippen LogP contribution >= 0.6 is 0 Å². The Morgan fingerprint density at radius 3 is 2.00 bits per heavy atom. The van der Waals surface area contributed by atoms with Gasteiger partial charge >= 0.3 is 7.12 Å². The molecular weight excluding hydrogens is 115 g/mol. The van der Waals surface area contributed by atoms with Crippen LogP contribution in [0, 0.1) is 0 Å². The van der Waals surface area contributed by atoms with Crippen molar-refractivity contribution in [3.63, 3.8) is 0 Å². The summed E-state index contributed by atoms with van der Waals surface area (Å²) >= 11 is 0. The summed E-state index contributed by atoms with van der Waals surface area (Å²) in [4.78, 5) is 0. The summed E-state index contributed by atoms with van der Waals surface area (Å²) in [6.45, 7) is 7.21. The number of rotatable bonds is 2. The van der Waals surface area contributed by atoms with Crippen LogP contribution in [-0.4, -0.2) is 17.2 Å². The van der Waals surface area contributed by atoms with Gasteiger partial charge in [-0.1, -0.05) is 23.7 Å². The molecule has 2 nitrogen and oxygen atoms in total. The van der Waals surface area contributed by atoms with Gasteiger partial charge in [-0.25, -0.2) is 0 Å². The molecule has 0 aliphatic carbocycles. The molecule has 0 fully saturated rings. The average Bonchev–Trinajstić information content (AvgIpc) is 1.63. The molecule has 0 spiro atoms. The molecular formula is C6H11BO2. The Morgan fingerprint density at radius 1 is 1.44 bits per heavy atom. The van der Waals surface area contributed by atoms with Gasteiger partial charge in [0.15, 0.2) is 0 Å². The number of hydrogen-bond donors (Lipinski definition) is 2. The Hall–Kier alpha value is -0.535. The van der Waals surface area contributed by atoms with Crippen molar-refractivity contribution in [2.45, 2.75) is 13.8 Å². The van der Waals surface area contributed by atoms with Crippen molar-refractivity contribution in [2.75, 3.05) is 0 Å². The Bertz CT molecular complexity index is 138. The monoisotopic (exact) mass is 126 g/mol. The van der Waals surface area contributed by atoms with Crippen LogP contribution in [0.4, 0.5) is 0 Å². The zero-order chi connectivity index (χ0) is 7.44. The quantitative estimate of drug-likeness (QED) is 0.418. The van der Waals surface area contributed by atoms with E-state index >= 15 is 0 Å². The van der Waals surface area contributed by atoms with Gasteiger partial charge in [0.05, 0.1) is 0 Å². The van der Waals surface area contributed by atoms with Crippen LogP contribution in [0.15, 0.2) is 23.7 Å². The number of hydrogen-bond acceptors (Lipinski definition) is 2. The van der Waals surface area contributed by atoms with Gasteiger partial charge in [-0.05, 0) is 13.8 Å². The molecule has 0 saturated heterocycles. The maximum absolute atomic E-state index is 8.41. The molecule has 0 radical (unpaired) electrons. The summed E-state index contributed by atoms with van der Waals surface area (Å²) in [6, 6.07) is 0. The first kappa shape index (κ1) is 8.46. The molecule has 0 heterocycles. The first-order valence-electron chi connectivity index (χ1n) is 2.74. The first-order chi connectivity index (χ1) is 4.04. The molecule has 0 atom stereocenters. The highest BCUT2D eigenvalue weighted by atomic mass is 16.4. The molecule has 0 amide bonds. The maximum Gasteiger partial charge on any atom is 0.480 e. The molecule has 50 valence electrons. The van der Waals surface area contributed by atoms with E-state index in [2.05, 4.69) is 6.58 Å². The van der Waals surface area contributed by atoms with E-state index in [9.17, 15) is 0 Å². The molecule has 0 aromatic carbocycles. The van der Waals surface area contributed by atoms with Crippen molar-refractivity contribution in [1.82, 2.24) is 0 Å². The predicted molar refractivity (Wildman–Crippen MR) is 38.8 cm³/mol. The van der Waals surface area contributed by atoms with E-state index in [4.69, 9.17) is 10.0 Å². The Balaban J connectivity index is 4.00. The Labute approximate surface area is 55.7 Å². The van der Waals surface area contributed by atoms with Crippen molar-refractivity contribution in [3.8, 4) is 0 Å². The lowest BCUT2D eigenvalue weighted by Crippen LogP contribution is -2.07. The molecule has 9 heavy (non-hydrogen) atoms. The zero-order valence-corrected chi connectivity index (χ0v) is 5.76. The van der Waals surface area contributed by atoms with Gasteiger partial charge in [0, 0.05) is 0 Å². The minimum atomic E-state index is -1.36. The van der Waals surface area contributed by atoms with Crippen LogP contribution in [0.5, 0.6) is 0 Å². The van der Waals surface area contributed by atoms with E-state index in [1.165, 1.54) is 5.98 Å². The van der Waals surface area contributed by atoms with Gasteiger partial charge in [-0.2, -0.15) is 0 Å². The largest absolute Gasteiger partial charge is 0.480 e. The topological polar surface area (TPSA) is 40.5 Å². The lowest BCUT2D eigenvalue weighted by molar-refractivity contribution is 0.424. The van der Waals surface area contributed by atoms with Crippen LogP contribution in [-0.2, 0) is 0 Å². The second-order valence-corrected chi connectivity index (χ2v) is 2.04. The van der Waals surface area contributed by atoms with Gasteiger partial charge in [-0.15, -0.1) is 0 Å². The summed E-state index contributed by atoms with van der Waals surface area (Å²) in [7, 11) is -1.36. The van der Waals surface area contributed by atoms with Crippen LogP contribution in [0.25, 0.3) is 0 Å². The minimum absolute atomic E-state index is 0.810. The van der Waals surface area contributed by atoms with Crippen molar-refractivity contribution in [2.24, 2.45) is 0 Å². The summed E-state index contributed by atoms with van der Waals surface area (Å²) < 4.78 is 0. The van der Waals surface area contributed by atoms with Crippen molar-refractivity contribution in [3.05, 3.63) is 23.7 Å². The molecule has 0 rings (SSSR count). The number of allylic oxidation sites excluding steroid dienone is 2. The highest BCUT2D eigenvalue weighted by Crippen LogP contribution is 2.03. The Morgan fingerprint density at radius 2 is 1.89 bits per heavy atom. The van der Waals surface area contributed by atoms with Gasteiger partial charge in [-0.3, -0.25) is 0 Å². The van der Waals surface area contributed by atoms with E-state index in [0.717, 1.165) is 11.1 Å². The third-order valence-electron chi connectivity index (χ3n) is 1.07. The van der Waals surface area contributed by atoms with Crippen LogP contribution < -0.4 is 0 Å². The Kier molecular flexibility index (Phi) is 3.28. The summed E-state index contributed by atoms with van der Waals surface area (Å²) in [6.07, 6.45) is 0. The van der Waals surface area contributed by atoms with E-state index in [0.29, 0.717) is 0 Å². The van der Waals surface area contributed by atoms with Gasteiger partial charge in [0.2, 0.25) is 0 Å². The second-order valence-electron chi connectivity index (χ2n) is 2.04. The maximum atomic E-state index is 8.41. The lowest BCUT2D eigenvalue weighted by Gasteiger charge is -1.96. The molecule has 0 aromatic rings. The van der Waals surface area contributed by atoms with E-state index in [1.54, 1.807) is 6.92 Å². The molecule has 0 aromatic heterocycles. The second kappa shape index (κ2) is 3.48. The smallest absolute Gasteiger partial charge is 0.424 e. The van der Waals surface area contributed by atoms with E-state index < -0.39 is 7.12 Å². The fourth-order valence-electron chi connectivity index (χ4n) is 0.366. The highest BCUT2D eigenvalue weighted by Gasteiger charge is 2.00. The van der Waals surface area contributed by atoms with Crippen LogP contribution in [0.1, 0.15) is 13.8 Å². The SMILES string of the molecule is C=C(C)C(C)=CB(O)O. The fourth-order valence-corrected chi connectivity index (χ4v) is 0.366. The van der Waals surface area contributed by atoms with E-state index in [1.807, 2.05) is 6.92 Å². The lowest BCUT2D eigenvalue weighted by atomic mass is 9.87. The van der Waals surface area contributed by atoms with Crippen molar-refractivity contribution in [1.29, 1.82) is 0 Å². The molecule has 2 N–H and O–H groups in total.